The monoisotopic (exact) mass is 422 g/mol. The van der Waals surface area contributed by atoms with Crippen molar-refractivity contribution in [3.63, 3.8) is 0 Å². The van der Waals surface area contributed by atoms with Crippen molar-refractivity contribution in [1.29, 1.82) is 0 Å². The fraction of sp³-hybridized carbons (Fsp3) is 0.273. The van der Waals surface area contributed by atoms with Crippen molar-refractivity contribution in [1.82, 2.24) is 10.2 Å². The fourth-order valence-corrected chi connectivity index (χ4v) is 4.16. The highest BCUT2D eigenvalue weighted by Crippen LogP contribution is 2.29. The van der Waals surface area contributed by atoms with Crippen molar-refractivity contribution in [3.8, 4) is 5.75 Å². The average Bonchev–Trinajstić information content (AvgIpc) is 3.39. The van der Waals surface area contributed by atoms with Gasteiger partial charge in [-0.15, -0.1) is 10.2 Å². The molecule has 3 aromatic rings. The molecule has 0 radical (unpaired) electrons. The van der Waals surface area contributed by atoms with Gasteiger partial charge in [-0.1, -0.05) is 47.7 Å². The Balaban J connectivity index is 1.34. The van der Waals surface area contributed by atoms with Crippen LogP contribution in [0.1, 0.15) is 17.0 Å². The third kappa shape index (κ3) is 4.65. The molecule has 1 N–H and O–H groups in total. The third-order valence-electron chi connectivity index (χ3n) is 5.03. The SMILES string of the molecule is COc1cccc(N2CC(C(=O)Nc3nnc(CCc4ccccc4)s3)CC2=O)c1. The molecular weight excluding hydrogens is 400 g/mol. The number of carbonyl (C=O) groups excluding carboxylic acids is 2. The number of nitrogens with one attached hydrogen (secondary N) is 1. The molecule has 1 aliphatic rings. The van der Waals surface area contributed by atoms with Crippen molar-refractivity contribution >= 4 is 34.0 Å². The third-order valence-corrected chi connectivity index (χ3v) is 5.93. The summed E-state index contributed by atoms with van der Waals surface area (Å²) in [5.74, 6) is -0.0471. The van der Waals surface area contributed by atoms with Gasteiger partial charge in [-0.2, -0.15) is 0 Å². The molecule has 2 amide bonds. The summed E-state index contributed by atoms with van der Waals surface area (Å²) in [4.78, 5) is 26.7. The number of amides is 2. The van der Waals surface area contributed by atoms with Crippen LogP contribution in [-0.4, -0.2) is 35.7 Å². The Bertz CT molecular complexity index is 1040. The van der Waals surface area contributed by atoms with Gasteiger partial charge in [0.15, 0.2) is 0 Å². The number of carbonyl (C=O) groups is 2. The number of anilines is 2. The lowest BCUT2D eigenvalue weighted by atomic mass is 10.1. The normalized spacial score (nSPS) is 16.0. The first kappa shape index (κ1) is 20.0. The van der Waals surface area contributed by atoms with Gasteiger partial charge in [0.05, 0.1) is 13.0 Å². The molecule has 1 aromatic heterocycles. The van der Waals surface area contributed by atoms with Crippen molar-refractivity contribution in [2.75, 3.05) is 23.9 Å². The molecule has 0 bridgehead atoms. The molecule has 0 aliphatic carbocycles. The minimum absolute atomic E-state index is 0.0794. The van der Waals surface area contributed by atoms with Crippen LogP contribution in [0.3, 0.4) is 0 Å². The topological polar surface area (TPSA) is 84.4 Å². The number of methoxy groups -OCH3 is 1. The minimum atomic E-state index is -0.430. The first-order valence-electron chi connectivity index (χ1n) is 9.74. The number of nitrogens with zero attached hydrogens (tertiary/aromatic N) is 3. The van der Waals surface area contributed by atoms with Crippen molar-refractivity contribution < 1.29 is 14.3 Å². The molecule has 4 rings (SSSR count). The van der Waals surface area contributed by atoms with E-state index in [0.29, 0.717) is 17.4 Å². The molecule has 1 atom stereocenters. The second-order valence-corrected chi connectivity index (χ2v) is 8.14. The summed E-state index contributed by atoms with van der Waals surface area (Å²) in [5.41, 5.74) is 1.97. The van der Waals surface area contributed by atoms with E-state index in [1.54, 1.807) is 18.1 Å². The lowest BCUT2D eigenvalue weighted by Crippen LogP contribution is -2.28. The first-order valence-corrected chi connectivity index (χ1v) is 10.6. The van der Waals surface area contributed by atoms with Crippen LogP contribution in [-0.2, 0) is 22.4 Å². The summed E-state index contributed by atoms with van der Waals surface area (Å²) in [5, 5.41) is 12.4. The van der Waals surface area contributed by atoms with Gasteiger partial charge in [-0.3, -0.25) is 9.59 Å². The Kier molecular flexibility index (Phi) is 6.04. The van der Waals surface area contributed by atoms with Crippen molar-refractivity contribution in [2.24, 2.45) is 5.92 Å². The van der Waals surface area contributed by atoms with E-state index in [9.17, 15) is 9.59 Å². The van der Waals surface area contributed by atoms with Gasteiger partial charge in [-0.05, 0) is 24.1 Å². The predicted molar refractivity (Wildman–Crippen MR) is 116 cm³/mol. The van der Waals surface area contributed by atoms with Gasteiger partial charge in [0.2, 0.25) is 16.9 Å². The number of rotatable bonds is 7. The highest BCUT2D eigenvalue weighted by molar-refractivity contribution is 7.15. The molecule has 0 spiro atoms. The molecule has 8 heteroatoms. The lowest BCUT2D eigenvalue weighted by molar-refractivity contribution is -0.122. The summed E-state index contributed by atoms with van der Waals surface area (Å²) in [6, 6.07) is 17.4. The molecule has 2 heterocycles. The van der Waals surface area contributed by atoms with Gasteiger partial charge in [0.25, 0.3) is 0 Å². The Morgan fingerprint density at radius 3 is 2.80 bits per heavy atom. The van der Waals surface area contributed by atoms with Crippen molar-refractivity contribution in [2.45, 2.75) is 19.3 Å². The van der Waals surface area contributed by atoms with E-state index in [-0.39, 0.29) is 18.2 Å². The zero-order chi connectivity index (χ0) is 20.9. The number of aryl methyl sites for hydroxylation is 2. The van der Waals surface area contributed by atoms with Crippen LogP contribution >= 0.6 is 11.3 Å². The highest BCUT2D eigenvalue weighted by Gasteiger charge is 2.35. The van der Waals surface area contributed by atoms with Crippen LogP contribution in [0.4, 0.5) is 10.8 Å². The van der Waals surface area contributed by atoms with Gasteiger partial charge >= 0.3 is 0 Å². The van der Waals surface area contributed by atoms with Crippen molar-refractivity contribution in [3.05, 3.63) is 65.2 Å². The molecular formula is C22H22N4O3S. The maximum absolute atomic E-state index is 12.7. The average molecular weight is 423 g/mol. The zero-order valence-electron chi connectivity index (χ0n) is 16.6. The molecule has 1 unspecified atom stereocenters. The van der Waals surface area contributed by atoms with Crippen LogP contribution in [0.2, 0.25) is 0 Å². The largest absolute Gasteiger partial charge is 0.497 e. The van der Waals surface area contributed by atoms with E-state index in [0.717, 1.165) is 23.5 Å². The van der Waals surface area contributed by atoms with Gasteiger partial charge in [0.1, 0.15) is 10.8 Å². The maximum Gasteiger partial charge on any atom is 0.231 e. The molecule has 154 valence electrons. The Morgan fingerprint density at radius 2 is 2.00 bits per heavy atom. The predicted octanol–water partition coefficient (Wildman–Crippen LogP) is 3.32. The van der Waals surface area contributed by atoms with E-state index in [1.807, 2.05) is 36.4 Å². The van der Waals surface area contributed by atoms with Gasteiger partial charge < -0.3 is 15.0 Å². The smallest absolute Gasteiger partial charge is 0.231 e. The molecule has 30 heavy (non-hydrogen) atoms. The standard InChI is InChI=1S/C22H22N4O3S/c1-29-18-9-5-8-17(13-18)26-14-16(12-20(26)27)21(28)23-22-25-24-19(30-22)11-10-15-6-3-2-4-7-15/h2-9,13,16H,10-12,14H2,1H3,(H,23,25,28). The second-order valence-electron chi connectivity index (χ2n) is 7.08. The maximum atomic E-state index is 12.7. The number of hydrogen-bond donors (Lipinski definition) is 1. The summed E-state index contributed by atoms with van der Waals surface area (Å²) in [6.07, 6.45) is 1.81. The van der Waals surface area contributed by atoms with Gasteiger partial charge in [-0.25, -0.2) is 0 Å². The highest BCUT2D eigenvalue weighted by atomic mass is 32.1. The van der Waals surface area contributed by atoms with E-state index < -0.39 is 5.92 Å². The van der Waals surface area contributed by atoms with E-state index in [4.69, 9.17) is 4.74 Å². The van der Waals surface area contributed by atoms with Crippen LogP contribution in [0.5, 0.6) is 5.75 Å². The number of aromatic nitrogens is 2. The fourth-order valence-electron chi connectivity index (χ4n) is 3.42. The Hall–Kier alpha value is -3.26. The molecule has 0 saturated carbocycles. The molecule has 1 aliphatic heterocycles. The molecule has 1 fully saturated rings. The number of ether oxygens (including phenoxy) is 1. The minimum Gasteiger partial charge on any atom is -0.497 e. The Labute approximate surface area is 178 Å². The zero-order valence-corrected chi connectivity index (χ0v) is 17.4. The quantitative estimate of drug-likeness (QED) is 0.631. The molecule has 7 nitrogen and oxygen atoms in total. The van der Waals surface area contributed by atoms with Crippen LogP contribution < -0.4 is 15.0 Å². The Morgan fingerprint density at radius 1 is 1.17 bits per heavy atom. The second kappa shape index (κ2) is 9.04. The summed E-state index contributed by atoms with van der Waals surface area (Å²) >= 11 is 1.37. The summed E-state index contributed by atoms with van der Waals surface area (Å²) < 4.78 is 5.22. The van der Waals surface area contributed by atoms with Gasteiger partial charge in [0, 0.05) is 31.1 Å². The van der Waals surface area contributed by atoms with E-state index in [1.165, 1.54) is 16.9 Å². The van der Waals surface area contributed by atoms with Crippen LogP contribution in [0.15, 0.2) is 54.6 Å². The van der Waals surface area contributed by atoms with E-state index >= 15 is 0 Å². The van der Waals surface area contributed by atoms with Crippen LogP contribution in [0, 0.1) is 5.92 Å². The molecule has 2 aromatic carbocycles. The lowest BCUT2D eigenvalue weighted by Gasteiger charge is -2.17. The summed E-state index contributed by atoms with van der Waals surface area (Å²) in [6.45, 7) is 0.331. The first-order chi connectivity index (χ1) is 14.6. The number of benzene rings is 2. The summed E-state index contributed by atoms with van der Waals surface area (Å²) in [7, 11) is 1.58. The van der Waals surface area contributed by atoms with Crippen LogP contribution in [0.25, 0.3) is 0 Å². The number of hydrogen-bond acceptors (Lipinski definition) is 6. The van der Waals surface area contributed by atoms with E-state index in [2.05, 4.69) is 27.6 Å². The molecule has 1 saturated heterocycles.